The van der Waals surface area contributed by atoms with Crippen molar-refractivity contribution < 1.29 is 9.53 Å². The van der Waals surface area contributed by atoms with E-state index in [-0.39, 0.29) is 12.5 Å². The molecule has 0 heterocycles. The smallest absolute Gasteiger partial charge is 0.246 e. The van der Waals surface area contributed by atoms with E-state index < -0.39 is 0 Å². The third kappa shape index (κ3) is 8.01. The highest BCUT2D eigenvalue weighted by Crippen LogP contribution is 1.84. The van der Waals surface area contributed by atoms with Gasteiger partial charge in [0.15, 0.2) is 0 Å². The average Bonchev–Trinajstić information content (AvgIpc) is 2.15. The molecule has 1 amide bonds. The molecule has 0 aliphatic rings. The summed E-state index contributed by atoms with van der Waals surface area (Å²) < 4.78 is 4.97. The highest BCUT2D eigenvalue weighted by Gasteiger charge is 2.00. The van der Waals surface area contributed by atoms with E-state index in [2.05, 4.69) is 24.2 Å². The Morgan fingerprint density at radius 3 is 2.64 bits per heavy atom. The molecule has 4 heteroatoms. The van der Waals surface area contributed by atoms with E-state index in [0.29, 0.717) is 13.2 Å². The number of likely N-dealkylation sites (N-methyl/N-ethyl adjacent to an activating group) is 1. The van der Waals surface area contributed by atoms with E-state index in [4.69, 9.17) is 4.74 Å². The molecule has 0 atom stereocenters. The summed E-state index contributed by atoms with van der Waals surface area (Å²) >= 11 is 0. The Balaban J connectivity index is 3.30. The van der Waals surface area contributed by atoms with Crippen LogP contribution in [0.25, 0.3) is 0 Å². The van der Waals surface area contributed by atoms with Gasteiger partial charge in [-0.1, -0.05) is 6.92 Å². The molecule has 4 nitrogen and oxygen atoms in total. The van der Waals surface area contributed by atoms with Crippen LogP contribution in [-0.4, -0.2) is 50.7 Å². The molecular formula is C10H22N2O2. The van der Waals surface area contributed by atoms with Gasteiger partial charge in [-0.25, -0.2) is 0 Å². The Hall–Kier alpha value is -0.610. The van der Waals surface area contributed by atoms with Crippen molar-refractivity contribution in [1.29, 1.82) is 0 Å². The van der Waals surface area contributed by atoms with Crippen LogP contribution in [0.5, 0.6) is 0 Å². The first-order valence-corrected chi connectivity index (χ1v) is 5.23. The maximum Gasteiger partial charge on any atom is 0.246 e. The third-order valence-electron chi connectivity index (χ3n) is 1.86. The van der Waals surface area contributed by atoms with Gasteiger partial charge in [0, 0.05) is 19.7 Å². The molecule has 0 aliphatic carbocycles. The number of nitrogens with zero attached hydrogens (tertiary/aromatic N) is 1. The van der Waals surface area contributed by atoms with Gasteiger partial charge < -0.3 is 15.0 Å². The maximum atomic E-state index is 11.1. The molecule has 0 rings (SSSR count). The van der Waals surface area contributed by atoms with Crippen LogP contribution < -0.4 is 5.32 Å². The lowest BCUT2D eigenvalue weighted by Gasteiger charge is -2.15. The molecule has 1 N–H and O–H groups in total. The van der Waals surface area contributed by atoms with E-state index >= 15 is 0 Å². The second-order valence-corrected chi connectivity index (χ2v) is 3.29. The molecule has 0 radical (unpaired) electrons. The summed E-state index contributed by atoms with van der Waals surface area (Å²) in [5.74, 6) is -0.0308. The molecule has 14 heavy (non-hydrogen) atoms. The summed E-state index contributed by atoms with van der Waals surface area (Å²) in [7, 11) is 2.05. The van der Waals surface area contributed by atoms with Crippen LogP contribution in [0, 0.1) is 0 Å². The first-order valence-electron chi connectivity index (χ1n) is 5.23. The maximum absolute atomic E-state index is 11.1. The number of hydrogen-bond donors (Lipinski definition) is 1. The zero-order valence-corrected chi connectivity index (χ0v) is 9.51. The van der Waals surface area contributed by atoms with Crippen LogP contribution in [0.3, 0.4) is 0 Å². The summed E-state index contributed by atoms with van der Waals surface area (Å²) in [5.41, 5.74) is 0. The van der Waals surface area contributed by atoms with Crippen molar-refractivity contribution in [3.8, 4) is 0 Å². The number of amides is 1. The van der Waals surface area contributed by atoms with Gasteiger partial charge in [-0.15, -0.1) is 0 Å². The minimum atomic E-state index is -0.0308. The molecule has 0 saturated carbocycles. The fraction of sp³-hybridized carbons (Fsp3) is 0.900. The summed E-state index contributed by atoms with van der Waals surface area (Å²) in [5, 5.41) is 2.80. The second-order valence-electron chi connectivity index (χ2n) is 3.29. The van der Waals surface area contributed by atoms with Crippen LogP contribution in [0.15, 0.2) is 0 Å². The fourth-order valence-corrected chi connectivity index (χ4v) is 1.13. The normalized spacial score (nSPS) is 10.6. The van der Waals surface area contributed by atoms with Crippen LogP contribution in [0.2, 0.25) is 0 Å². The molecule has 0 aromatic carbocycles. The zero-order chi connectivity index (χ0) is 10.8. The summed E-state index contributed by atoms with van der Waals surface area (Å²) in [6, 6.07) is 0. The Morgan fingerprint density at radius 2 is 2.07 bits per heavy atom. The molecule has 0 aromatic heterocycles. The highest BCUT2D eigenvalue weighted by molar-refractivity contribution is 5.77. The zero-order valence-electron chi connectivity index (χ0n) is 9.51. The van der Waals surface area contributed by atoms with Crippen LogP contribution >= 0.6 is 0 Å². The number of carbonyl (C=O) groups excluding carboxylic acids is 1. The molecule has 0 saturated heterocycles. The Bertz CT molecular complexity index is 151. The molecule has 0 spiro atoms. The van der Waals surface area contributed by atoms with Gasteiger partial charge in [0.05, 0.1) is 0 Å². The lowest BCUT2D eigenvalue weighted by Crippen LogP contribution is -2.35. The van der Waals surface area contributed by atoms with Gasteiger partial charge in [-0.3, -0.25) is 4.79 Å². The van der Waals surface area contributed by atoms with Gasteiger partial charge in [-0.05, 0) is 26.9 Å². The minimum absolute atomic E-state index is 0.0308. The lowest BCUT2D eigenvalue weighted by atomic mass is 10.4. The van der Waals surface area contributed by atoms with E-state index in [1.165, 1.54) is 0 Å². The Kier molecular flexibility index (Phi) is 8.57. The number of ether oxygens (including phenoxy) is 1. The van der Waals surface area contributed by atoms with Gasteiger partial charge in [0.2, 0.25) is 5.91 Å². The van der Waals surface area contributed by atoms with Gasteiger partial charge in [-0.2, -0.15) is 0 Å². The Labute approximate surface area is 86.6 Å². The second kappa shape index (κ2) is 8.97. The predicted octanol–water partition coefficient (Wildman–Crippen LogP) is 0.481. The topological polar surface area (TPSA) is 41.6 Å². The van der Waals surface area contributed by atoms with Crippen molar-refractivity contribution in [1.82, 2.24) is 10.2 Å². The number of hydrogen-bond acceptors (Lipinski definition) is 3. The minimum Gasteiger partial charge on any atom is -0.372 e. The third-order valence-corrected chi connectivity index (χ3v) is 1.86. The van der Waals surface area contributed by atoms with Crippen molar-refractivity contribution in [2.45, 2.75) is 20.3 Å². The van der Waals surface area contributed by atoms with Crippen molar-refractivity contribution in [3.05, 3.63) is 0 Å². The van der Waals surface area contributed by atoms with Crippen LogP contribution in [0.4, 0.5) is 0 Å². The van der Waals surface area contributed by atoms with Crippen molar-refractivity contribution in [2.75, 3.05) is 39.9 Å². The number of carbonyl (C=O) groups is 1. The molecule has 0 unspecified atom stereocenters. The molecule has 0 aliphatic heterocycles. The van der Waals surface area contributed by atoms with E-state index in [9.17, 15) is 4.79 Å². The first kappa shape index (κ1) is 13.4. The van der Waals surface area contributed by atoms with Gasteiger partial charge in [0.25, 0.3) is 0 Å². The fourth-order valence-electron chi connectivity index (χ4n) is 1.13. The van der Waals surface area contributed by atoms with Crippen molar-refractivity contribution in [2.24, 2.45) is 0 Å². The molecule has 0 aromatic rings. The van der Waals surface area contributed by atoms with Gasteiger partial charge in [0.1, 0.15) is 6.61 Å². The number of rotatable bonds is 8. The molecular weight excluding hydrogens is 180 g/mol. The summed E-state index contributed by atoms with van der Waals surface area (Å²) in [6.45, 7) is 7.44. The van der Waals surface area contributed by atoms with Gasteiger partial charge >= 0.3 is 0 Å². The highest BCUT2D eigenvalue weighted by atomic mass is 16.5. The molecule has 0 bridgehead atoms. The lowest BCUT2D eigenvalue weighted by molar-refractivity contribution is -0.125. The van der Waals surface area contributed by atoms with E-state index in [1.54, 1.807) is 0 Å². The standard InChI is InChI=1S/C10H22N2O2/c1-4-7-12(3)8-6-11-10(13)9-14-5-2/h4-9H2,1-3H3,(H,11,13). The number of nitrogens with one attached hydrogen (secondary N) is 1. The molecule has 0 fully saturated rings. The van der Waals surface area contributed by atoms with Crippen molar-refractivity contribution in [3.63, 3.8) is 0 Å². The average molecular weight is 202 g/mol. The SMILES string of the molecule is CCCN(C)CCNC(=O)COCC. The quantitative estimate of drug-likeness (QED) is 0.622. The van der Waals surface area contributed by atoms with Crippen molar-refractivity contribution >= 4 is 5.91 Å². The van der Waals surface area contributed by atoms with E-state index in [1.807, 2.05) is 6.92 Å². The molecule has 84 valence electrons. The van der Waals surface area contributed by atoms with Crippen LogP contribution in [-0.2, 0) is 9.53 Å². The summed E-state index contributed by atoms with van der Waals surface area (Å²) in [4.78, 5) is 13.3. The van der Waals surface area contributed by atoms with E-state index in [0.717, 1.165) is 19.5 Å². The summed E-state index contributed by atoms with van der Waals surface area (Å²) in [6.07, 6.45) is 1.14. The predicted molar refractivity (Wildman–Crippen MR) is 57.3 cm³/mol. The van der Waals surface area contributed by atoms with Crippen LogP contribution in [0.1, 0.15) is 20.3 Å². The monoisotopic (exact) mass is 202 g/mol. The first-order chi connectivity index (χ1) is 6.70. The largest absolute Gasteiger partial charge is 0.372 e. The Morgan fingerprint density at radius 1 is 1.36 bits per heavy atom.